The van der Waals surface area contributed by atoms with Crippen LogP contribution in [0.4, 0.5) is 4.39 Å². The van der Waals surface area contributed by atoms with Crippen LogP contribution in [0.15, 0.2) is 41.0 Å². The van der Waals surface area contributed by atoms with Crippen molar-refractivity contribution in [2.45, 2.75) is 6.92 Å². The van der Waals surface area contributed by atoms with Crippen molar-refractivity contribution >= 4 is 21.9 Å². The molecule has 0 amide bonds. The van der Waals surface area contributed by atoms with Crippen molar-refractivity contribution < 1.29 is 18.7 Å². The summed E-state index contributed by atoms with van der Waals surface area (Å²) in [6.45, 7) is 1.96. The first-order valence-corrected chi connectivity index (χ1v) is 6.66. The second-order valence-electron chi connectivity index (χ2n) is 3.75. The molecule has 1 heterocycles. The fraction of sp³-hybridized carbons (Fsp3) is 0.143. The van der Waals surface area contributed by atoms with Gasteiger partial charge >= 0.3 is 5.97 Å². The van der Waals surface area contributed by atoms with E-state index in [4.69, 9.17) is 9.47 Å². The molecule has 0 N–H and O–H groups in total. The van der Waals surface area contributed by atoms with Gasteiger partial charge in [0.2, 0.25) is 5.88 Å². The number of hydrogen-bond donors (Lipinski definition) is 0. The number of esters is 1. The van der Waals surface area contributed by atoms with Gasteiger partial charge in [-0.05, 0) is 47.1 Å². The molecule has 0 aliphatic rings. The number of rotatable bonds is 4. The Hall–Kier alpha value is -1.95. The van der Waals surface area contributed by atoms with E-state index in [1.54, 1.807) is 19.1 Å². The van der Waals surface area contributed by atoms with Crippen LogP contribution in [0.5, 0.6) is 11.6 Å². The highest BCUT2D eigenvalue weighted by molar-refractivity contribution is 9.10. The number of halogens is 2. The molecule has 1 aromatic heterocycles. The van der Waals surface area contributed by atoms with Gasteiger partial charge in [0.1, 0.15) is 17.1 Å². The first-order chi connectivity index (χ1) is 9.61. The Morgan fingerprint density at radius 2 is 2.20 bits per heavy atom. The van der Waals surface area contributed by atoms with Gasteiger partial charge in [-0.1, -0.05) is 0 Å². The average molecular weight is 340 g/mol. The number of aromatic nitrogens is 1. The molecule has 0 atom stereocenters. The third-order valence-corrected chi connectivity index (χ3v) is 3.02. The second kappa shape index (κ2) is 6.47. The van der Waals surface area contributed by atoms with E-state index in [0.29, 0.717) is 4.47 Å². The van der Waals surface area contributed by atoms with Crippen LogP contribution in [0.1, 0.15) is 17.3 Å². The molecular formula is C14H11BrFNO3. The molecule has 0 bridgehead atoms. The molecule has 0 radical (unpaired) electrons. The minimum absolute atomic E-state index is 0.0765. The zero-order chi connectivity index (χ0) is 14.5. The molecule has 0 aliphatic heterocycles. The van der Waals surface area contributed by atoms with Crippen molar-refractivity contribution in [2.24, 2.45) is 0 Å². The van der Waals surface area contributed by atoms with Gasteiger partial charge in [0, 0.05) is 12.3 Å². The Morgan fingerprint density at radius 3 is 2.90 bits per heavy atom. The van der Waals surface area contributed by atoms with Crippen LogP contribution < -0.4 is 4.74 Å². The highest BCUT2D eigenvalue weighted by atomic mass is 79.9. The number of pyridine rings is 1. The van der Waals surface area contributed by atoms with Crippen molar-refractivity contribution in [2.75, 3.05) is 6.61 Å². The lowest BCUT2D eigenvalue weighted by Gasteiger charge is -2.09. The van der Waals surface area contributed by atoms with E-state index in [0.717, 1.165) is 0 Å². The molecule has 0 fully saturated rings. The summed E-state index contributed by atoms with van der Waals surface area (Å²) in [5.41, 5.74) is 0.192. The molecule has 20 heavy (non-hydrogen) atoms. The van der Waals surface area contributed by atoms with E-state index in [2.05, 4.69) is 20.9 Å². The molecule has 0 spiro atoms. The van der Waals surface area contributed by atoms with Gasteiger partial charge in [0.15, 0.2) is 0 Å². The summed E-state index contributed by atoms with van der Waals surface area (Å²) in [4.78, 5) is 15.7. The quantitative estimate of drug-likeness (QED) is 0.791. The van der Waals surface area contributed by atoms with Crippen molar-refractivity contribution in [3.05, 3.63) is 52.4 Å². The predicted octanol–water partition coefficient (Wildman–Crippen LogP) is 3.95. The minimum Gasteiger partial charge on any atom is -0.462 e. The monoisotopic (exact) mass is 339 g/mol. The predicted molar refractivity (Wildman–Crippen MR) is 74.4 cm³/mol. The standard InChI is InChI=1S/C14H11BrFNO3/c1-2-19-14(18)10-4-3-7-17-13(10)20-9-5-6-11(15)12(16)8-9/h3-8H,2H2,1H3. The van der Waals surface area contributed by atoms with Gasteiger partial charge in [-0.15, -0.1) is 0 Å². The summed E-state index contributed by atoms with van der Waals surface area (Å²) in [6, 6.07) is 7.42. The van der Waals surface area contributed by atoms with E-state index >= 15 is 0 Å². The van der Waals surface area contributed by atoms with E-state index in [-0.39, 0.29) is 23.8 Å². The van der Waals surface area contributed by atoms with Crippen LogP contribution in [0, 0.1) is 5.82 Å². The average Bonchev–Trinajstić information content (AvgIpc) is 2.44. The number of carbonyl (C=O) groups excluding carboxylic acids is 1. The number of nitrogens with zero attached hydrogens (tertiary/aromatic N) is 1. The topological polar surface area (TPSA) is 48.4 Å². The van der Waals surface area contributed by atoms with Crippen LogP contribution in [-0.4, -0.2) is 17.6 Å². The van der Waals surface area contributed by atoms with Gasteiger partial charge in [-0.2, -0.15) is 0 Å². The smallest absolute Gasteiger partial charge is 0.343 e. The molecule has 0 saturated heterocycles. The molecule has 6 heteroatoms. The van der Waals surface area contributed by atoms with Gasteiger partial charge in [0.25, 0.3) is 0 Å². The zero-order valence-corrected chi connectivity index (χ0v) is 12.2. The molecule has 2 rings (SSSR count). The third kappa shape index (κ3) is 3.33. The van der Waals surface area contributed by atoms with E-state index < -0.39 is 11.8 Å². The summed E-state index contributed by atoms with van der Waals surface area (Å²) in [6.07, 6.45) is 1.48. The number of hydrogen-bond acceptors (Lipinski definition) is 4. The lowest BCUT2D eigenvalue weighted by Crippen LogP contribution is -2.07. The van der Waals surface area contributed by atoms with Crippen molar-refractivity contribution in [1.82, 2.24) is 4.98 Å². The van der Waals surface area contributed by atoms with Crippen molar-refractivity contribution in [1.29, 1.82) is 0 Å². The summed E-state index contributed by atoms with van der Waals surface area (Å²) in [5.74, 6) is -0.674. The Kier molecular flexibility index (Phi) is 4.68. The Labute approximate surface area is 123 Å². The van der Waals surface area contributed by atoms with E-state index in [9.17, 15) is 9.18 Å². The lowest BCUT2D eigenvalue weighted by molar-refractivity contribution is 0.0522. The fourth-order valence-electron chi connectivity index (χ4n) is 1.49. The highest BCUT2D eigenvalue weighted by Gasteiger charge is 2.15. The maximum absolute atomic E-state index is 13.4. The molecule has 0 saturated carbocycles. The Bertz CT molecular complexity index is 634. The van der Waals surface area contributed by atoms with Crippen LogP contribution >= 0.6 is 15.9 Å². The summed E-state index contributed by atoms with van der Waals surface area (Å²) >= 11 is 3.05. The highest BCUT2D eigenvalue weighted by Crippen LogP contribution is 2.26. The van der Waals surface area contributed by atoms with E-state index in [1.807, 2.05) is 0 Å². The molecule has 4 nitrogen and oxygen atoms in total. The molecular weight excluding hydrogens is 329 g/mol. The van der Waals surface area contributed by atoms with Gasteiger partial charge in [-0.25, -0.2) is 14.2 Å². The number of ether oxygens (including phenoxy) is 2. The first-order valence-electron chi connectivity index (χ1n) is 5.87. The molecule has 0 unspecified atom stereocenters. The van der Waals surface area contributed by atoms with Gasteiger partial charge in [-0.3, -0.25) is 0 Å². The maximum Gasteiger partial charge on any atom is 0.343 e. The SMILES string of the molecule is CCOC(=O)c1cccnc1Oc1ccc(Br)c(F)c1. The number of carbonyl (C=O) groups is 1. The second-order valence-corrected chi connectivity index (χ2v) is 4.61. The zero-order valence-electron chi connectivity index (χ0n) is 10.6. The molecule has 104 valence electrons. The fourth-order valence-corrected chi connectivity index (χ4v) is 1.73. The number of benzene rings is 1. The molecule has 0 aliphatic carbocycles. The molecule has 1 aromatic carbocycles. The maximum atomic E-state index is 13.4. The van der Waals surface area contributed by atoms with E-state index in [1.165, 1.54) is 24.4 Å². The normalized spacial score (nSPS) is 10.2. The van der Waals surface area contributed by atoms with Crippen LogP contribution in [0.3, 0.4) is 0 Å². The van der Waals surface area contributed by atoms with Gasteiger partial charge < -0.3 is 9.47 Å². The van der Waals surface area contributed by atoms with Crippen LogP contribution in [0.2, 0.25) is 0 Å². The largest absolute Gasteiger partial charge is 0.462 e. The summed E-state index contributed by atoms with van der Waals surface area (Å²) in [7, 11) is 0. The van der Waals surface area contributed by atoms with Gasteiger partial charge in [0.05, 0.1) is 11.1 Å². The summed E-state index contributed by atoms with van der Waals surface area (Å²) in [5, 5.41) is 0. The minimum atomic E-state index is -0.534. The first kappa shape index (κ1) is 14.5. The lowest BCUT2D eigenvalue weighted by atomic mass is 10.2. The van der Waals surface area contributed by atoms with Crippen molar-refractivity contribution in [3.63, 3.8) is 0 Å². The molecule has 2 aromatic rings. The Morgan fingerprint density at radius 1 is 1.40 bits per heavy atom. The van der Waals surface area contributed by atoms with Crippen LogP contribution in [-0.2, 0) is 4.74 Å². The van der Waals surface area contributed by atoms with Crippen LogP contribution in [0.25, 0.3) is 0 Å². The van der Waals surface area contributed by atoms with Crippen molar-refractivity contribution in [3.8, 4) is 11.6 Å². The Balaban J connectivity index is 2.29. The summed E-state index contributed by atoms with van der Waals surface area (Å²) < 4.78 is 24.1. The third-order valence-electron chi connectivity index (χ3n) is 2.37.